The number of rotatable bonds is 7. The highest BCUT2D eigenvalue weighted by Gasteiger charge is 2.16. The molecule has 2 aromatic heterocycles. The van der Waals surface area contributed by atoms with E-state index in [1.807, 2.05) is 25.1 Å². The van der Waals surface area contributed by atoms with Gasteiger partial charge in [0.1, 0.15) is 6.26 Å². The molecule has 1 atom stereocenters. The van der Waals surface area contributed by atoms with Crippen LogP contribution in [0.25, 0.3) is 16.8 Å². The van der Waals surface area contributed by atoms with Gasteiger partial charge in [-0.1, -0.05) is 30.6 Å². The maximum atomic E-state index is 12.5. The SMILES string of the molecule is CCCCNS(=O)(=O)c1cccc(-c2ccc3cnc([S+](C)[O-])nn23)c1. The molecule has 1 aromatic carbocycles. The van der Waals surface area contributed by atoms with E-state index in [-0.39, 0.29) is 10.1 Å². The minimum absolute atomic E-state index is 0.203. The molecule has 1 N–H and O–H groups in total. The number of aromatic nitrogens is 3. The van der Waals surface area contributed by atoms with Crippen LogP contribution in [0.3, 0.4) is 0 Å². The molecule has 0 aliphatic carbocycles. The Hall–Kier alpha value is -1.94. The molecule has 0 bridgehead atoms. The van der Waals surface area contributed by atoms with Gasteiger partial charge < -0.3 is 4.55 Å². The van der Waals surface area contributed by atoms with Crippen molar-refractivity contribution in [3.63, 3.8) is 0 Å². The van der Waals surface area contributed by atoms with Crippen LogP contribution in [0, 0.1) is 0 Å². The molecule has 3 aromatic rings. The zero-order valence-corrected chi connectivity index (χ0v) is 16.2. The lowest BCUT2D eigenvalue weighted by molar-refractivity contribution is 0.578. The molecule has 26 heavy (non-hydrogen) atoms. The highest BCUT2D eigenvalue weighted by atomic mass is 32.2. The molecular formula is C17H20N4O3S2. The molecule has 2 heterocycles. The lowest BCUT2D eigenvalue weighted by Crippen LogP contribution is -2.24. The van der Waals surface area contributed by atoms with E-state index in [0.29, 0.717) is 17.8 Å². The van der Waals surface area contributed by atoms with Gasteiger partial charge in [0, 0.05) is 23.3 Å². The van der Waals surface area contributed by atoms with Crippen LogP contribution in [0.2, 0.25) is 0 Å². The molecule has 3 rings (SSSR count). The molecule has 0 aliphatic heterocycles. The average Bonchev–Trinajstić information content (AvgIpc) is 3.05. The van der Waals surface area contributed by atoms with Crippen molar-refractivity contribution in [2.24, 2.45) is 0 Å². The average molecular weight is 393 g/mol. The second-order valence-corrected chi connectivity index (χ2v) is 8.87. The topological polar surface area (TPSA) is 99.4 Å². The number of unbranched alkanes of at least 4 members (excludes halogenated alkanes) is 1. The highest BCUT2D eigenvalue weighted by molar-refractivity contribution is 7.90. The van der Waals surface area contributed by atoms with Gasteiger partial charge in [-0.2, -0.15) is 4.98 Å². The van der Waals surface area contributed by atoms with Gasteiger partial charge in [0.15, 0.2) is 0 Å². The van der Waals surface area contributed by atoms with Crippen molar-refractivity contribution >= 4 is 26.7 Å². The summed E-state index contributed by atoms with van der Waals surface area (Å²) in [6.07, 6.45) is 4.81. The Morgan fingerprint density at radius 3 is 2.81 bits per heavy atom. The fourth-order valence-electron chi connectivity index (χ4n) is 2.53. The van der Waals surface area contributed by atoms with Gasteiger partial charge in [-0.15, -0.1) is 0 Å². The first-order valence-electron chi connectivity index (χ1n) is 8.20. The summed E-state index contributed by atoms with van der Waals surface area (Å²) >= 11 is -1.31. The van der Waals surface area contributed by atoms with E-state index in [9.17, 15) is 13.0 Å². The summed E-state index contributed by atoms with van der Waals surface area (Å²) in [6, 6.07) is 10.4. The zero-order valence-electron chi connectivity index (χ0n) is 14.5. The first-order valence-corrected chi connectivity index (χ1v) is 11.2. The van der Waals surface area contributed by atoms with E-state index in [1.165, 1.54) is 6.26 Å². The van der Waals surface area contributed by atoms with E-state index in [2.05, 4.69) is 14.8 Å². The summed E-state index contributed by atoms with van der Waals surface area (Å²) < 4.78 is 40.8. The monoisotopic (exact) mass is 392 g/mol. The Balaban J connectivity index is 2.00. The zero-order chi connectivity index (χ0) is 18.7. The Bertz CT molecular complexity index is 1020. The summed E-state index contributed by atoms with van der Waals surface area (Å²) in [7, 11) is -3.56. The van der Waals surface area contributed by atoms with Gasteiger partial charge in [0.05, 0.1) is 22.3 Å². The second kappa shape index (κ2) is 7.75. The number of hydrogen-bond acceptors (Lipinski definition) is 5. The first kappa shape index (κ1) is 18.8. The number of sulfonamides is 1. The smallest absolute Gasteiger partial charge is 0.359 e. The van der Waals surface area contributed by atoms with E-state index < -0.39 is 21.2 Å². The molecular weight excluding hydrogens is 372 g/mol. The maximum Gasteiger partial charge on any atom is 0.359 e. The van der Waals surface area contributed by atoms with Gasteiger partial charge in [-0.25, -0.2) is 17.7 Å². The van der Waals surface area contributed by atoms with Gasteiger partial charge in [0.2, 0.25) is 10.0 Å². The van der Waals surface area contributed by atoms with Crippen LogP contribution < -0.4 is 4.72 Å². The third-order valence-electron chi connectivity index (χ3n) is 3.90. The summed E-state index contributed by atoms with van der Waals surface area (Å²) in [5.41, 5.74) is 2.15. The van der Waals surface area contributed by atoms with E-state index in [4.69, 9.17) is 0 Å². The van der Waals surface area contributed by atoms with E-state index in [0.717, 1.165) is 18.4 Å². The van der Waals surface area contributed by atoms with Gasteiger partial charge in [0.25, 0.3) is 0 Å². The Labute approximate surface area is 155 Å². The molecule has 0 aliphatic rings. The third kappa shape index (κ3) is 3.90. The summed E-state index contributed by atoms with van der Waals surface area (Å²) in [6.45, 7) is 2.42. The molecule has 0 radical (unpaired) electrons. The van der Waals surface area contributed by atoms with Crippen LogP contribution in [0.4, 0.5) is 0 Å². The minimum Gasteiger partial charge on any atom is -0.609 e. The normalized spacial score (nSPS) is 13.2. The number of nitrogens with zero attached hydrogens (tertiary/aromatic N) is 3. The van der Waals surface area contributed by atoms with Gasteiger partial charge >= 0.3 is 5.16 Å². The lowest BCUT2D eigenvalue weighted by Gasteiger charge is -2.09. The Morgan fingerprint density at radius 2 is 2.08 bits per heavy atom. The first-order chi connectivity index (χ1) is 12.4. The molecule has 1 unspecified atom stereocenters. The highest BCUT2D eigenvalue weighted by Crippen LogP contribution is 2.24. The molecule has 9 heteroatoms. The van der Waals surface area contributed by atoms with Crippen LogP contribution in [-0.4, -0.2) is 40.4 Å². The maximum absolute atomic E-state index is 12.5. The standard InChI is InChI=1S/C17H20N4O3S2/c1-3-4-10-19-26(23,24)15-7-5-6-13(11-15)16-9-8-14-12-18-17(25(2)22)20-21(14)16/h5-9,11-12,19H,3-4,10H2,1-2H3. The number of benzene rings is 1. The molecule has 0 saturated carbocycles. The second-order valence-electron chi connectivity index (χ2n) is 5.83. The third-order valence-corrected chi connectivity index (χ3v) is 6.06. The summed E-state index contributed by atoms with van der Waals surface area (Å²) in [5.74, 6) is 0. The predicted molar refractivity (Wildman–Crippen MR) is 101 cm³/mol. The van der Waals surface area contributed by atoms with Crippen LogP contribution >= 0.6 is 0 Å². The van der Waals surface area contributed by atoms with Crippen molar-refractivity contribution in [3.8, 4) is 11.3 Å². The van der Waals surface area contributed by atoms with Crippen LogP contribution in [0.5, 0.6) is 0 Å². The quantitative estimate of drug-likeness (QED) is 0.491. The van der Waals surface area contributed by atoms with Crippen molar-refractivity contribution < 1.29 is 13.0 Å². The van der Waals surface area contributed by atoms with Crippen LogP contribution in [-0.2, 0) is 21.2 Å². The fraction of sp³-hybridized carbons (Fsp3) is 0.294. The number of hydrogen-bond donors (Lipinski definition) is 1. The Kier molecular flexibility index (Phi) is 5.61. The van der Waals surface area contributed by atoms with E-state index >= 15 is 0 Å². The van der Waals surface area contributed by atoms with Crippen molar-refractivity contribution in [1.82, 2.24) is 19.3 Å². The molecule has 0 saturated heterocycles. The molecule has 0 amide bonds. The number of fused-ring (bicyclic) bond motifs is 1. The fourth-order valence-corrected chi connectivity index (χ4v) is 4.04. The van der Waals surface area contributed by atoms with Crippen molar-refractivity contribution in [3.05, 3.63) is 42.6 Å². The van der Waals surface area contributed by atoms with Crippen molar-refractivity contribution in [1.29, 1.82) is 0 Å². The lowest BCUT2D eigenvalue weighted by atomic mass is 10.2. The Morgan fingerprint density at radius 1 is 1.27 bits per heavy atom. The van der Waals surface area contributed by atoms with Gasteiger partial charge in [-0.3, -0.25) is 0 Å². The molecule has 138 valence electrons. The minimum atomic E-state index is -3.56. The van der Waals surface area contributed by atoms with E-state index in [1.54, 1.807) is 28.9 Å². The van der Waals surface area contributed by atoms with Crippen LogP contribution in [0.1, 0.15) is 19.8 Å². The van der Waals surface area contributed by atoms with Crippen molar-refractivity contribution in [2.45, 2.75) is 29.8 Å². The number of nitrogens with one attached hydrogen (secondary N) is 1. The van der Waals surface area contributed by atoms with Crippen LogP contribution in [0.15, 0.2) is 52.6 Å². The largest absolute Gasteiger partial charge is 0.609 e. The summed E-state index contributed by atoms with van der Waals surface area (Å²) in [4.78, 5) is 4.28. The summed E-state index contributed by atoms with van der Waals surface area (Å²) in [5, 5.41) is 4.53. The van der Waals surface area contributed by atoms with Crippen molar-refractivity contribution in [2.75, 3.05) is 12.8 Å². The molecule has 0 spiro atoms. The van der Waals surface area contributed by atoms with Gasteiger partial charge in [-0.05, 0) is 30.7 Å². The molecule has 7 nitrogen and oxygen atoms in total. The molecule has 0 fully saturated rings. The predicted octanol–water partition coefficient (Wildman–Crippen LogP) is 2.21.